The molecule has 5 nitrogen and oxygen atoms in total. The molecule has 0 radical (unpaired) electrons. The van der Waals surface area contributed by atoms with Crippen LogP contribution < -0.4 is 10.2 Å². The van der Waals surface area contributed by atoms with Crippen molar-refractivity contribution >= 4 is 28.2 Å². The molecule has 2 N–H and O–H groups in total. The maximum absolute atomic E-state index is 12.5. The molecule has 1 aliphatic heterocycles. The summed E-state index contributed by atoms with van der Waals surface area (Å²) in [7, 11) is 0. The van der Waals surface area contributed by atoms with E-state index in [0.717, 1.165) is 37.9 Å². The van der Waals surface area contributed by atoms with E-state index in [9.17, 15) is 9.59 Å². The summed E-state index contributed by atoms with van der Waals surface area (Å²) in [6.45, 7) is 7.03. The summed E-state index contributed by atoms with van der Waals surface area (Å²) in [5.74, 6) is 0.340. The van der Waals surface area contributed by atoms with E-state index in [4.69, 9.17) is 4.74 Å². The van der Waals surface area contributed by atoms with Crippen LogP contribution >= 0.6 is 11.3 Å². The molecule has 2 aliphatic rings. The average Bonchev–Trinajstić information content (AvgIpc) is 2.92. The maximum Gasteiger partial charge on any atom is 0.341 e. The fourth-order valence-corrected chi connectivity index (χ4v) is 5.30. The van der Waals surface area contributed by atoms with Crippen LogP contribution in [-0.4, -0.2) is 38.1 Å². The Kier molecular flexibility index (Phi) is 6.12. The second-order valence-corrected chi connectivity index (χ2v) is 8.42. The summed E-state index contributed by atoms with van der Waals surface area (Å²) in [6, 6.07) is 0. The summed E-state index contributed by atoms with van der Waals surface area (Å²) in [6.07, 6.45) is 6.63. The first kappa shape index (κ1) is 18.4. The van der Waals surface area contributed by atoms with Crippen LogP contribution in [0.25, 0.3) is 0 Å². The highest BCUT2D eigenvalue weighted by Crippen LogP contribution is 2.40. The Labute approximate surface area is 153 Å². The Hall–Kier alpha value is -1.40. The van der Waals surface area contributed by atoms with Gasteiger partial charge in [-0.2, -0.15) is 0 Å². The molecule has 0 aromatic carbocycles. The van der Waals surface area contributed by atoms with E-state index >= 15 is 0 Å². The van der Waals surface area contributed by atoms with Crippen LogP contribution in [0, 0.1) is 5.92 Å². The number of carbonyl (C=O) groups excluding carboxylic acids is 2. The van der Waals surface area contributed by atoms with E-state index in [-0.39, 0.29) is 11.9 Å². The second kappa shape index (κ2) is 8.32. The molecule has 0 spiro atoms. The van der Waals surface area contributed by atoms with Crippen molar-refractivity contribution in [2.75, 3.05) is 31.6 Å². The molecule has 1 aliphatic carbocycles. The Morgan fingerprint density at radius 2 is 2.04 bits per heavy atom. The molecule has 1 saturated heterocycles. The summed E-state index contributed by atoms with van der Waals surface area (Å²) in [5.41, 5.74) is 1.71. The van der Waals surface area contributed by atoms with Crippen molar-refractivity contribution in [1.82, 2.24) is 0 Å². The fraction of sp³-hybridized carbons (Fsp3) is 0.684. The van der Waals surface area contributed by atoms with Crippen molar-refractivity contribution in [1.29, 1.82) is 0 Å². The third-order valence-corrected chi connectivity index (χ3v) is 6.39. The molecule has 0 unspecified atom stereocenters. The van der Waals surface area contributed by atoms with Gasteiger partial charge in [0.25, 0.3) is 5.91 Å². The summed E-state index contributed by atoms with van der Waals surface area (Å²) < 4.78 is 5.26. The summed E-state index contributed by atoms with van der Waals surface area (Å²) >= 11 is 1.57. The Bertz CT molecular complexity index is 635. The number of esters is 1. The molecule has 3 rings (SSSR count). The number of amides is 1. The second-order valence-electron chi connectivity index (χ2n) is 7.31. The quantitative estimate of drug-likeness (QED) is 0.785. The molecule has 1 atom stereocenters. The number of thiophene rings is 1. The van der Waals surface area contributed by atoms with Gasteiger partial charge in [-0.15, -0.1) is 11.3 Å². The Morgan fingerprint density at radius 1 is 1.28 bits per heavy atom. The van der Waals surface area contributed by atoms with Crippen molar-refractivity contribution < 1.29 is 19.2 Å². The van der Waals surface area contributed by atoms with Crippen molar-refractivity contribution in [3.63, 3.8) is 0 Å². The number of hydrogen-bond acceptors (Lipinski definition) is 4. The highest BCUT2D eigenvalue weighted by Gasteiger charge is 2.29. The number of nitrogens with one attached hydrogen (secondary N) is 2. The normalized spacial score (nSPS) is 20.8. The van der Waals surface area contributed by atoms with E-state index in [2.05, 4.69) is 12.2 Å². The third kappa shape index (κ3) is 4.42. The Balaban J connectivity index is 1.77. The van der Waals surface area contributed by atoms with Crippen molar-refractivity contribution in [2.45, 2.75) is 52.4 Å². The van der Waals surface area contributed by atoms with Crippen LogP contribution in [0.1, 0.15) is 60.3 Å². The van der Waals surface area contributed by atoms with Gasteiger partial charge in [0.2, 0.25) is 0 Å². The van der Waals surface area contributed by atoms with Crippen LogP contribution in [0.15, 0.2) is 0 Å². The molecular formula is C19H29N2O3S+. The highest BCUT2D eigenvalue weighted by molar-refractivity contribution is 7.17. The monoisotopic (exact) mass is 365 g/mol. The number of fused-ring (bicyclic) bond motifs is 1. The van der Waals surface area contributed by atoms with Crippen molar-refractivity contribution in [3.8, 4) is 0 Å². The molecule has 1 aromatic heterocycles. The minimum atomic E-state index is -0.296. The van der Waals surface area contributed by atoms with Gasteiger partial charge in [-0.25, -0.2) is 4.79 Å². The first-order valence-corrected chi connectivity index (χ1v) is 10.3. The SMILES string of the molecule is CCOC(=O)c1c(NC(=O)C[NH+]2CCCCC2)sc2c1CC[C@H](C)C2. The predicted molar refractivity (Wildman–Crippen MR) is 99.5 cm³/mol. The smallest absolute Gasteiger partial charge is 0.341 e. The van der Waals surface area contributed by atoms with Crippen molar-refractivity contribution in [2.24, 2.45) is 5.92 Å². The van der Waals surface area contributed by atoms with Gasteiger partial charge < -0.3 is 15.0 Å². The lowest BCUT2D eigenvalue weighted by Gasteiger charge is -2.22. The molecule has 1 aromatic rings. The lowest BCUT2D eigenvalue weighted by molar-refractivity contribution is -0.896. The maximum atomic E-state index is 12.5. The predicted octanol–water partition coefficient (Wildman–Crippen LogP) is 2.06. The molecule has 0 saturated carbocycles. The minimum absolute atomic E-state index is 0.00842. The van der Waals surface area contributed by atoms with Crippen LogP contribution in [0.3, 0.4) is 0 Å². The van der Waals surface area contributed by atoms with E-state index in [1.807, 2.05) is 6.92 Å². The Morgan fingerprint density at radius 3 is 2.76 bits per heavy atom. The standard InChI is InChI=1S/C19H28N2O3S/c1-3-24-19(23)17-14-8-7-13(2)11-15(14)25-18(17)20-16(22)12-21-9-5-4-6-10-21/h13H,3-12H2,1-2H3,(H,20,22)/p+1/t13-/m0/s1. The van der Waals surface area contributed by atoms with Crippen LogP contribution in [0.4, 0.5) is 5.00 Å². The number of rotatable bonds is 5. The average molecular weight is 366 g/mol. The number of ether oxygens (including phenoxy) is 1. The summed E-state index contributed by atoms with van der Waals surface area (Å²) in [5, 5.41) is 3.72. The first-order chi connectivity index (χ1) is 12.1. The lowest BCUT2D eigenvalue weighted by Crippen LogP contribution is -3.13. The van der Waals surface area contributed by atoms with Gasteiger partial charge in [0.05, 0.1) is 25.3 Å². The lowest BCUT2D eigenvalue weighted by atomic mass is 9.88. The van der Waals surface area contributed by atoms with Crippen molar-refractivity contribution in [3.05, 3.63) is 16.0 Å². The van der Waals surface area contributed by atoms with Gasteiger partial charge in [0.1, 0.15) is 5.00 Å². The number of quaternary nitrogens is 1. The number of carbonyl (C=O) groups is 2. The van der Waals surface area contributed by atoms with Gasteiger partial charge >= 0.3 is 5.97 Å². The minimum Gasteiger partial charge on any atom is -0.462 e. The topological polar surface area (TPSA) is 59.8 Å². The number of anilines is 1. The van der Waals surface area contributed by atoms with Crippen LogP contribution in [0.2, 0.25) is 0 Å². The molecule has 2 heterocycles. The zero-order valence-electron chi connectivity index (χ0n) is 15.3. The zero-order valence-corrected chi connectivity index (χ0v) is 16.1. The van der Waals surface area contributed by atoms with E-state index in [1.54, 1.807) is 11.3 Å². The zero-order chi connectivity index (χ0) is 17.8. The van der Waals surface area contributed by atoms with Gasteiger partial charge in [-0.05, 0) is 56.9 Å². The molecule has 1 fully saturated rings. The van der Waals surface area contributed by atoms with Gasteiger partial charge in [-0.1, -0.05) is 6.92 Å². The summed E-state index contributed by atoms with van der Waals surface area (Å²) in [4.78, 5) is 27.6. The third-order valence-electron chi connectivity index (χ3n) is 5.22. The van der Waals surface area contributed by atoms with Crippen LogP contribution in [-0.2, 0) is 22.4 Å². The number of hydrogen-bond donors (Lipinski definition) is 2. The van der Waals surface area contributed by atoms with Gasteiger partial charge in [-0.3, -0.25) is 4.79 Å². The number of piperidine rings is 1. The largest absolute Gasteiger partial charge is 0.462 e. The fourth-order valence-electron chi connectivity index (χ4n) is 3.88. The molecular weight excluding hydrogens is 336 g/mol. The highest BCUT2D eigenvalue weighted by atomic mass is 32.1. The van der Waals surface area contributed by atoms with Gasteiger partial charge in [0, 0.05) is 4.88 Å². The molecule has 25 heavy (non-hydrogen) atoms. The first-order valence-electron chi connectivity index (χ1n) is 9.53. The molecule has 0 bridgehead atoms. The van der Waals surface area contributed by atoms with Gasteiger partial charge in [0.15, 0.2) is 6.54 Å². The van der Waals surface area contributed by atoms with E-state index in [1.165, 1.54) is 29.0 Å². The van der Waals surface area contributed by atoms with E-state index < -0.39 is 0 Å². The molecule has 138 valence electrons. The number of likely N-dealkylation sites (tertiary alicyclic amines) is 1. The van der Waals surface area contributed by atoms with E-state index in [0.29, 0.717) is 29.6 Å². The van der Waals surface area contributed by atoms with Crippen LogP contribution in [0.5, 0.6) is 0 Å². The molecule has 1 amide bonds. The molecule has 6 heteroatoms.